The van der Waals surface area contributed by atoms with Crippen molar-refractivity contribution in [1.29, 1.82) is 0 Å². The van der Waals surface area contributed by atoms with Crippen molar-refractivity contribution in [2.45, 2.75) is 27.3 Å². The van der Waals surface area contributed by atoms with Gasteiger partial charge in [-0.05, 0) is 24.0 Å². The van der Waals surface area contributed by atoms with Gasteiger partial charge in [-0.3, -0.25) is 4.98 Å². The average Bonchev–Trinajstić information content (AvgIpc) is 2.42. The molecule has 0 fully saturated rings. The first-order chi connectivity index (χ1) is 9.40. The molecule has 2 amide bonds. The lowest BCUT2D eigenvalue weighted by Gasteiger charge is -2.16. The molecule has 3 N–H and O–H groups in total. The highest BCUT2D eigenvalue weighted by Gasteiger charge is 2.09. The van der Waals surface area contributed by atoms with Crippen molar-refractivity contribution in [3.63, 3.8) is 0 Å². The zero-order chi connectivity index (χ0) is 15.1. The Morgan fingerprint density at radius 3 is 2.60 bits per heavy atom. The minimum atomic E-state index is -1.01. The van der Waals surface area contributed by atoms with Crippen LogP contribution in [0.3, 0.4) is 0 Å². The molecule has 0 saturated heterocycles. The molecule has 1 aromatic rings. The van der Waals surface area contributed by atoms with Gasteiger partial charge < -0.3 is 15.7 Å². The SMILES string of the molecule is CC(C)C(C)CNC(=O)NCc1cc(C(=O)O)ccn1. The van der Waals surface area contributed by atoms with Crippen molar-refractivity contribution in [3.05, 3.63) is 29.6 Å². The molecule has 1 rings (SSSR count). The summed E-state index contributed by atoms with van der Waals surface area (Å²) in [5.41, 5.74) is 0.669. The van der Waals surface area contributed by atoms with Crippen molar-refractivity contribution in [1.82, 2.24) is 15.6 Å². The highest BCUT2D eigenvalue weighted by Crippen LogP contribution is 2.07. The predicted molar refractivity (Wildman–Crippen MR) is 75.4 cm³/mol. The van der Waals surface area contributed by atoms with Crippen LogP contribution in [0.1, 0.15) is 36.8 Å². The standard InChI is InChI=1S/C14H21N3O3/c1-9(2)10(3)7-16-14(20)17-8-12-6-11(13(18)19)4-5-15-12/h4-6,9-10H,7-8H2,1-3H3,(H,18,19)(H2,16,17,20). The number of carboxylic acid groups (broad SMARTS) is 1. The van der Waals surface area contributed by atoms with E-state index in [-0.39, 0.29) is 18.1 Å². The van der Waals surface area contributed by atoms with Crippen LogP contribution in [0.15, 0.2) is 18.3 Å². The molecule has 1 atom stereocenters. The largest absolute Gasteiger partial charge is 0.478 e. The van der Waals surface area contributed by atoms with Gasteiger partial charge in [-0.25, -0.2) is 9.59 Å². The van der Waals surface area contributed by atoms with E-state index >= 15 is 0 Å². The summed E-state index contributed by atoms with van der Waals surface area (Å²) in [6.07, 6.45) is 1.42. The van der Waals surface area contributed by atoms with E-state index in [0.717, 1.165) is 0 Å². The first kappa shape index (κ1) is 15.9. The molecule has 0 aliphatic rings. The third-order valence-corrected chi connectivity index (χ3v) is 3.22. The van der Waals surface area contributed by atoms with Gasteiger partial charge in [0, 0.05) is 12.7 Å². The van der Waals surface area contributed by atoms with Crippen molar-refractivity contribution in [2.24, 2.45) is 11.8 Å². The smallest absolute Gasteiger partial charge is 0.335 e. The molecule has 0 radical (unpaired) electrons. The van der Waals surface area contributed by atoms with Gasteiger partial charge >= 0.3 is 12.0 Å². The van der Waals surface area contributed by atoms with E-state index in [1.54, 1.807) is 0 Å². The summed E-state index contributed by atoms with van der Waals surface area (Å²) < 4.78 is 0. The number of rotatable bonds is 6. The number of carboxylic acids is 1. The number of amides is 2. The van der Waals surface area contributed by atoms with Gasteiger partial charge in [0.15, 0.2) is 0 Å². The van der Waals surface area contributed by atoms with Gasteiger partial charge in [-0.15, -0.1) is 0 Å². The van der Waals surface area contributed by atoms with E-state index in [4.69, 9.17) is 5.11 Å². The lowest BCUT2D eigenvalue weighted by molar-refractivity contribution is 0.0696. The number of urea groups is 1. The number of hydrogen-bond acceptors (Lipinski definition) is 3. The van der Waals surface area contributed by atoms with Crippen LogP contribution in [0.25, 0.3) is 0 Å². The second-order valence-electron chi connectivity index (χ2n) is 5.13. The van der Waals surface area contributed by atoms with E-state index < -0.39 is 5.97 Å². The Bertz CT molecular complexity index is 474. The van der Waals surface area contributed by atoms with Crippen molar-refractivity contribution < 1.29 is 14.7 Å². The minimum absolute atomic E-state index is 0.158. The number of nitrogens with one attached hydrogen (secondary N) is 2. The molecule has 20 heavy (non-hydrogen) atoms. The molecule has 1 unspecified atom stereocenters. The second kappa shape index (κ2) is 7.47. The van der Waals surface area contributed by atoms with E-state index in [2.05, 4.69) is 36.4 Å². The zero-order valence-electron chi connectivity index (χ0n) is 12.0. The Morgan fingerprint density at radius 1 is 1.30 bits per heavy atom. The lowest BCUT2D eigenvalue weighted by Crippen LogP contribution is -2.38. The maximum absolute atomic E-state index is 11.6. The molecule has 6 nitrogen and oxygen atoms in total. The summed E-state index contributed by atoms with van der Waals surface area (Å²) in [5, 5.41) is 14.3. The number of pyridine rings is 1. The zero-order valence-corrected chi connectivity index (χ0v) is 12.0. The fourth-order valence-corrected chi connectivity index (χ4v) is 1.43. The Balaban J connectivity index is 2.41. The number of hydrogen-bond donors (Lipinski definition) is 3. The van der Waals surface area contributed by atoms with E-state index in [1.165, 1.54) is 18.3 Å². The first-order valence-corrected chi connectivity index (χ1v) is 6.60. The van der Waals surface area contributed by atoms with Crippen LogP contribution in [-0.4, -0.2) is 28.6 Å². The molecule has 0 saturated carbocycles. The fraction of sp³-hybridized carbons (Fsp3) is 0.500. The molecule has 0 spiro atoms. The molecule has 0 aliphatic carbocycles. The molecular weight excluding hydrogens is 258 g/mol. The molecular formula is C14H21N3O3. The molecule has 0 aromatic carbocycles. The lowest BCUT2D eigenvalue weighted by atomic mass is 9.98. The molecule has 6 heteroatoms. The van der Waals surface area contributed by atoms with Crippen molar-refractivity contribution in [2.75, 3.05) is 6.54 Å². The van der Waals surface area contributed by atoms with E-state index in [1.807, 2.05) is 0 Å². The Kier molecular flexibility index (Phi) is 5.96. The van der Waals surface area contributed by atoms with Crippen molar-refractivity contribution in [3.8, 4) is 0 Å². The summed E-state index contributed by atoms with van der Waals surface area (Å²) in [6, 6.07) is 2.58. The van der Waals surface area contributed by atoms with E-state index in [9.17, 15) is 9.59 Å². The number of aromatic nitrogens is 1. The van der Waals surface area contributed by atoms with Gasteiger partial charge in [0.25, 0.3) is 0 Å². The molecule has 0 aliphatic heterocycles. The Labute approximate surface area is 118 Å². The van der Waals surface area contributed by atoms with Crippen LogP contribution in [0, 0.1) is 11.8 Å². The number of aromatic carboxylic acids is 1. The van der Waals surface area contributed by atoms with Crippen LogP contribution in [-0.2, 0) is 6.54 Å². The number of nitrogens with zero attached hydrogens (tertiary/aromatic N) is 1. The van der Waals surface area contributed by atoms with Crippen LogP contribution >= 0.6 is 0 Å². The summed E-state index contributed by atoms with van der Waals surface area (Å²) in [5.74, 6) is -0.109. The van der Waals surface area contributed by atoms with Crippen LogP contribution in [0.2, 0.25) is 0 Å². The summed E-state index contributed by atoms with van der Waals surface area (Å²) in [7, 11) is 0. The van der Waals surface area contributed by atoms with Gasteiger partial charge in [0.1, 0.15) is 0 Å². The minimum Gasteiger partial charge on any atom is -0.478 e. The van der Waals surface area contributed by atoms with Gasteiger partial charge in [-0.1, -0.05) is 20.8 Å². The molecule has 110 valence electrons. The normalized spacial score (nSPS) is 12.0. The summed E-state index contributed by atoms with van der Waals surface area (Å²) in [6.45, 7) is 7.08. The average molecular weight is 279 g/mol. The summed E-state index contributed by atoms with van der Waals surface area (Å²) in [4.78, 5) is 26.4. The third-order valence-electron chi connectivity index (χ3n) is 3.22. The van der Waals surface area contributed by atoms with Crippen molar-refractivity contribution >= 4 is 12.0 Å². The predicted octanol–water partition coefficient (Wildman–Crippen LogP) is 1.87. The third kappa shape index (κ3) is 5.26. The molecule has 1 aromatic heterocycles. The first-order valence-electron chi connectivity index (χ1n) is 6.60. The highest BCUT2D eigenvalue weighted by atomic mass is 16.4. The molecule has 0 bridgehead atoms. The van der Waals surface area contributed by atoms with Gasteiger partial charge in [-0.2, -0.15) is 0 Å². The van der Waals surface area contributed by atoms with Crippen LogP contribution in [0.5, 0.6) is 0 Å². The second-order valence-corrected chi connectivity index (χ2v) is 5.13. The quantitative estimate of drug-likeness (QED) is 0.741. The Hall–Kier alpha value is -2.11. The topological polar surface area (TPSA) is 91.3 Å². The van der Waals surface area contributed by atoms with E-state index in [0.29, 0.717) is 24.1 Å². The van der Waals surface area contributed by atoms with Crippen LogP contribution < -0.4 is 10.6 Å². The summed E-state index contributed by atoms with van der Waals surface area (Å²) >= 11 is 0. The maximum atomic E-state index is 11.6. The van der Waals surface area contributed by atoms with Gasteiger partial charge in [0.05, 0.1) is 17.8 Å². The number of carbonyl (C=O) groups excluding carboxylic acids is 1. The maximum Gasteiger partial charge on any atom is 0.335 e. The molecule has 1 heterocycles. The van der Waals surface area contributed by atoms with Gasteiger partial charge in [0.2, 0.25) is 0 Å². The monoisotopic (exact) mass is 279 g/mol. The number of carbonyl (C=O) groups is 2. The van der Waals surface area contributed by atoms with Crippen LogP contribution in [0.4, 0.5) is 4.79 Å². The highest BCUT2D eigenvalue weighted by molar-refractivity contribution is 5.87. The fourth-order valence-electron chi connectivity index (χ4n) is 1.43. The Morgan fingerprint density at radius 2 is 2.00 bits per heavy atom.